The summed E-state index contributed by atoms with van der Waals surface area (Å²) in [7, 11) is 0. The molecule has 0 spiro atoms. The number of anilines is 2. The maximum atomic E-state index is 13.5. The average molecular weight is 597 g/mol. The fraction of sp³-hybridized carbons (Fsp3) is 0.533. The molecule has 2 aliphatic carbocycles. The monoisotopic (exact) mass is 595 g/mol. The Morgan fingerprint density at radius 3 is 2.51 bits per heavy atom. The lowest BCUT2D eigenvalue weighted by molar-refractivity contribution is 0.0932. The van der Waals surface area contributed by atoms with E-state index in [-0.39, 0.29) is 29.7 Å². The fourth-order valence-corrected chi connectivity index (χ4v) is 6.74. The number of nitrogens with two attached hydrogens (primary N) is 1. The van der Waals surface area contributed by atoms with Gasteiger partial charge in [-0.1, -0.05) is 13.8 Å². The first-order valence-corrected chi connectivity index (χ1v) is 15.1. The first-order chi connectivity index (χ1) is 18.8. The van der Waals surface area contributed by atoms with Gasteiger partial charge >= 0.3 is 0 Å². The largest absolute Gasteiger partial charge is 0.382 e. The van der Waals surface area contributed by atoms with Gasteiger partial charge < -0.3 is 21.3 Å². The molecule has 39 heavy (non-hydrogen) atoms. The van der Waals surface area contributed by atoms with Crippen molar-refractivity contribution in [2.24, 2.45) is 17.6 Å². The highest BCUT2D eigenvalue weighted by Gasteiger charge is 2.41. The van der Waals surface area contributed by atoms with E-state index in [1.54, 1.807) is 18.3 Å². The fourth-order valence-electron chi connectivity index (χ4n) is 6.22. The molecule has 0 radical (unpaired) electrons. The second-order valence-corrected chi connectivity index (χ2v) is 12.1. The van der Waals surface area contributed by atoms with Crippen LogP contribution < -0.4 is 21.3 Å². The molecule has 2 saturated carbocycles. The number of pyridine rings is 1. The minimum Gasteiger partial charge on any atom is -0.382 e. The SMILES string of the molecule is CCC(CC)Nc1cc(C(=O)NC2CC3CCCN(c4ccc(C(=O)C5CC5)cn4)C3C2)c(Br)cc1C(N)=O. The summed E-state index contributed by atoms with van der Waals surface area (Å²) < 4.78 is 0.547. The number of piperidine rings is 1. The zero-order valence-corrected chi connectivity index (χ0v) is 24.3. The zero-order valence-electron chi connectivity index (χ0n) is 22.7. The van der Waals surface area contributed by atoms with Crippen molar-refractivity contribution in [2.45, 2.75) is 83.3 Å². The summed E-state index contributed by atoms with van der Waals surface area (Å²) in [5.41, 5.74) is 7.78. The molecule has 5 rings (SSSR count). The van der Waals surface area contributed by atoms with Gasteiger partial charge in [-0.05, 0) is 97.5 Å². The highest BCUT2D eigenvalue weighted by molar-refractivity contribution is 9.10. The van der Waals surface area contributed by atoms with Crippen molar-refractivity contribution >= 4 is 45.0 Å². The van der Waals surface area contributed by atoms with Gasteiger partial charge in [-0.3, -0.25) is 14.4 Å². The van der Waals surface area contributed by atoms with Crippen LogP contribution in [-0.2, 0) is 0 Å². The van der Waals surface area contributed by atoms with Crippen molar-refractivity contribution in [1.82, 2.24) is 10.3 Å². The molecule has 0 bridgehead atoms. The highest BCUT2D eigenvalue weighted by Crippen LogP contribution is 2.39. The molecule has 3 fully saturated rings. The number of hydrogen-bond donors (Lipinski definition) is 3. The number of ketones is 1. The molecule has 1 aromatic carbocycles. The number of hydrogen-bond acceptors (Lipinski definition) is 6. The lowest BCUT2D eigenvalue weighted by Crippen LogP contribution is -2.43. The van der Waals surface area contributed by atoms with Crippen LogP contribution in [0.25, 0.3) is 0 Å². The number of primary amides is 1. The van der Waals surface area contributed by atoms with E-state index < -0.39 is 5.91 Å². The zero-order chi connectivity index (χ0) is 27.7. The Bertz CT molecular complexity index is 1240. The molecular formula is C30H38BrN5O3. The molecule has 8 nitrogen and oxygen atoms in total. The summed E-state index contributed by atoms with van der Waals surface area (Å²) in [5, 5.41) is 6.65. The molecule has 4 N–H and O–H groups in total. The number of aromatic nitrogens is 1. The number of rotatable bonds is 10. The van der Waals surface area contributed by atoms with E-state index >= 15 is 0 Å². The van der Waals surface area contributed by atoms with Gasteiger partial charge in [0.1, 0.15) is 5.82 Å². The van der Waals surface area contributed by atoms with E-state index in [4.69, 9.17) is 5.73 Å². The lowest BCUT2D eigenvalue weighted by Gasteiger charge is -2.38. The van der Waals surface area contributed by atoms with Gasteiger partial charge in [0.15, 0.2) is 5.78 Å². The predicted molar refractivity (Wildman–Crippen MR) is 156 cm³/mol. The maximum Gasteiger partial charge on any atom is 0.252 e. The van der Waals surface area contributed by atoms with Crippen molar-refractivity contribution in [3.05, 3.63) is 51.6 Å². The lowest BCUT2D eigenvalue weighted by atomic mass is 9.92. The number of halogens is 1. The summed E-state index contributed by atoms with van der Waals surface area (Å²) in [6, 6.07) is 7.80. The van der Waals surface area contributed by atoms with Gasteiger partial charge in [0.25, 0.3) is 11.8 Å². The molecule has 2 amide bonds. The van der Waals surface area contributed by atoms with E-state index in [0.717, 1.165) is 63.7 Å². The summed E-state index contributed by atoms with van der Waals surface area (Å²) in [5.74, 6) is 1.09. The topological polar surface area (TPSA) is 117 Å². The number of nitrogens with zero attached hydrogens (tertiary/aromatic N) is 2. The van der Waals surface area contributed by atoms with E-state index in [2.05, 4.69) is 50.3 Å². The van der Waals surface area contributed by atoms with Crippen LogP contribution in [0.2, 0.25) is 0 Å². The molecule has 2 heterocycles. The number of nitrogens with one attached hydrogen (secondary N) is 2. The summed E-state index contributed by atoms with van der Waals surface area (Å²) >= 11 is 3.49. The standard InChI is InChI=1S/C30H38BrN5O3/c1-3-20(4-2)34-25-15-22(24(31)14-23(25)29(32)38)30(39)35-21-12-18-6-5-11-36(26(18)13-21)27-10-9-19(16-33-27)28(37)17-7-8-17/h9-10,14-18,20-21,26,34H,3-8,11-13H2,1-2H3,(H2,32,38)(H,35,39). The van der Waals surface area contributed by atoms with Gasteiger partial charge in [0.05, 0.1) is 11.1 Å². The van der Waals surface area contributed by atoms with Gasteiger partial charge in [0.2, 0.25) is 0 Å². The highest BCUT2D eigenvalue weighted by atomic mass is 79.9. The van der Waals surface area contributed by atoms with Crippen molar-refractivity contribution in [3.63, 3.8) is 0 Å². The second-order valence-electron chi connectivity index (χ2n) is 11.2. The van der Waals surface area contributed by atoms with Crippen molar-refractivity contribution in [1.29, 1.82) is 0 Å². The van der Waals surface area contributed by atoms with Gasteiger partial charge in [-0.25, -0.2) is 4.98 Å². The molecule has 9 heteroatoms. The van der Waals surface area contributed by atoms with E-state index in [0.29, 0.717) is 38.8 Å². The molecule has 3 atom stereocenters. The van der Waals surface area contributed by atoms with E-state index in [1.807, 2.05) is 12.1 Å². The van der Waals surface area contributed by atoms with E-state index in [9.17, 15) is 14.4 Å². The summed E-state index contributed by atoms with van der Waals surface area (Å²) in [6.07, 6.45) is 9.47. The third-order valence-corrected chi connectivity index (χ3v) is 9.26. The molecule has 3 unspecified atom stereocenters. The summed E-state index contributed by atoms with van der Waals surface area (Å²) in [6.45, 7) is 5.09. The number of benzene rings is 1. The average Bonchev–Trinajstić information content (AvgIpc) is 3.70. The van der Waals surface area contributed by atoms with Crippen LogP contribution >= 0.6 is 15.9 Å². The van der Waals surface area contributed by atoms with Crippen molar-refractivity contribution < 1.29 is 14.4 Å². The Hall–Kier alpha value is -2.94. The van der Waals surface area contributed by atoms with Crippen LogP contribution in [0.15, 0.2) is 34.9 Å². The van der Waals surface area contributed by atoms with Crippen LogP contribution in [0.1, 0.15) is 96.3 Å². The molecule has 1 saturated heterocycles. The minimum absolute atomic E-state index is 0.0435. The molecule has 2 aromatic rings. The van der Waals surface area contributed by atoms with Crippen LogP contribution in [0, 0.1) is 11.8 Å². The number of carbonyl (C=O) groups is 3. The molecule has 1 aromatic heterocycles. The number of fused-ring (bicyclic) bond motifs is 1. The van der Waals surface area contributed by atoms with Gasteiger partial charge in [0, 0.05) is 52.5 Å². The Morgan fingerprint density at radius 1 is 1.10 bits per heavy atom. The first-order valence-electron chi connectivity index (χ1n) is 14.3. The number of amides is 2. The van der Waals surface area contributed by atoms with E-state index in [1.165, 1.54) is 0 Å². The van der Waals surface area contributed by atoms with Crippen molar-refractivity contribution in [3.8, 4) is 0 Å². The smallest absolute Gasteiger partial charge is 0.252 e. The van der Waals surface area contributed by atoms with Crippen LogP contribution in [-0.4, -0.2) is 47.3 Å². The molecule has 1 aliphatic heterocycles. The quantitative estimate of drug-likeness (QED) is 0.320. The Morgan fingerprint density at radius 2 is 1.87 bits per heavy atom. The van der Waals surface area contributed by atoms with Crippen LogP contribution in [0.3, 0.4) is 0 Å². The normalized spacial score (nSPS) is 22.5. The number of Topliss-reactive ketones (excluding diaryl/α,β-unsaturated/α-hetero) is 1. The Kier molecular flexibility index (Phi) is 8.26. The Labute approximate surface area is 238 Å². The Balaban J connectivity index is 1.29. The second kappa shape index (κ2) is 11.7. The third-order valence-electron chi connectivity index (χ3n) is 8.60. The van der Waals surface area contributed by atoms with Gasteiger partial charge in [-0.2, -0.15) is 0 Å². The van der Waals surface area contributed by atoms with Crippen molar-refractivity contribution in [2.75, 3.05) is 16.8 Å². The first kappa shape index (κ1) is 27.6. The van der Waals surface area contributed by atoms with Crippen LogP contribution in [0.4, 0.5) is 11.5 Å². The molecular weight excluding hydrogens is 558 g/mol. The van der Waals surface area contributed by atoms with Crippen LogP contribution in [0.5, 0.6) is 0 Å². The maximum absolute atomic E-state index is 13.5. The third kappa shape index (κ3) is 5.98. The number of carbonyl (C=O) groups excluding carboxylic acids is 3. The van der Waals surface area contributed by atoms with Gasteiger partial charge in [-0.15, -0.1) is 0 Å². The minimum atomic E-state index is -0.533. The molecule has 3 aliphatic rings. The molecule has 208 valence electrons. The summed E-state index contributed by atoms with van der Waals surface area (Å²) in [4.78, 5) is 45.0. The predicted octanol–water partition coefficient (Wildman–Crippen LogP) is 5.31.